The maximum absolute atomic E-state index is 13.3. The van der Waals surface area contributed by atoms with Gasteiger partial charge in [0.1, 0.15) is 0 Å². The lowest BCUT2D eigenvalue weighted by atomic mass is 9.76. The molecule has 1 unspecified atom stereocenters. The fourth-order valence-corrected chi connectivity index (χ4v) is 3.98. The van der Waals surface area contributed by atoms with E-state index in [1.54, 1.807) is 19.1 Å². The van der Waals surface area contributed by atoms with Gasteiger partial charge in [0.2, 0.25) is 0 Å². The number of carbonyl (C=O) groups is 2. The lowest BCUT2D eigenvalue weighted by Gasteiger charge is -2.25. The molecule has 0 bridgehead atoms. The summed E-state index contributed by atoms with van der Waals surface area (Å²) in [6.45, 7) is 2.38. The topological polar surface area (TPSA) is 82.4 Å². The molecule has 0 N–H and O–H groups in total. The van der Waals surface area contributed by atoms with Gasteiger partial charge in [0.05, 0.1) is 11.5 Å². The minimum atomic E-state index is -3.46. The van der Waals surface area contributed by atoms with Crippen LogP contribution in [0.3, 0.4) is 0 Å². The molecule has 0 amide bonds. The molecule has 0 saturated carbocycles. The maximum atomic E-state index is 13.3. The van der Waals surface area contributed by atoms with Gasteiger partial charge in [-0.1, -0.05) is 12.1 Å². The SMILES string of the molecule is CCOC(=O)C1(C(=O)c2cccc(S(C)(=O)=O)c2)CCn2cccc21. The van der Waals surface area contributed by atoms with E-state index in [1.165, 1.54) is 24.3 Å². The molecule has 2 aromatic rings. The highest BCUT2D eigenvalue weighted by Crippen LogP contribution is 2.39. The van der Waals surface area contributed by atoms with Crippen LogP contribution < -0.4 is 0 Å². The van der Waals surface area contributed by atoms with Gasteiger partial charge in [-0.2, -0.15) is 0 Å². The Morgan fingerprint density at radius 3 is 2.68 bits per heavy atom. The van der Waals surface area contributed by atoms with Crippen molar-refractivity contribution in [3.8, 4) is 0 Å². The normalized spacial score (nSPS) is 19.4. The van der Waals surface area contributed by atoms with E-state index in [1.807, 2.05) is 10.8 Å². The van der Waals surface area contributed by atoms with Gasteiger partial charge in [-0.05, 0) is 37.6 Å². The molecule has 1 aromatic heterocycles. The summed E-state index contributed by atoms with van der Waals surface area (Å²) in [6.07, 6.45) is 3.19. The molecule has 1 aliphatic rings. The van der Waals surface area contributed by atoms with Crippen molar-refractivity contribution >= 4 is 21.6 Å². The Kier molecular flexibility index (Phi) is 4.28. The third-order valence-electron chi connectivity index (χ3n) is 4.53. The molecule has 2 heterocycles. The van der Waals surface area contributed by atoms with Crippen LogP contribution in [-0.4, -0.2) is 37.6 Å². The van der Waals surface area contributed by atoms with Crippen LogP contribution in [-0.2, 0) is 31.3 Å². The minimum Gasteiger partial charge on any atom is -0.465 e. The minimum absolute atomic E-state index is 0.0470. The molecule has 25 heavy (non-hydrogen) atoms. The van der Waals surface area contributed by atoms with Crippen molar-refractivity contribution in [2.45, 2.75) is 30.2 Å². The number of aromatic nitrogens is 1. The van der Waals surface area contributed by atoms with Crippen LogP contribution >= 0.6 is 0 Å². The number of hydrogen-bond acceptors (Lipinski definition) is 5. The van der Waals surface area contributed by atoms with E-state index < -0.39 is 27.0 Å². The summed E-state index contributed by atoms with van der Waals surface area (Å²) in [7, 11) is -3.46. The second-order valence-corrected chi connectivity index (χ2v) is 8.11. The zero-order chi connectivity index (χ0) is 18.2. The molecule has 1 aromatic carbocycles. The molecule has 0 saturated heterocycles. The number of rotatable bonds is 5. The van der Waals surface area contributed by atoms with E-state index >= 15 is 0 Å². The third kappa shape index (κ3) is 2.78. The lowest BCUT2D eigenvalue weighted by molar-refractivity contribution is -0.148. The third-order valence-corrected chi connectivity index (χ3v) is 5.64. The van der Waals surface area contributed by atoms with Gasteiger partial charge in [0.15, 0.2) is 21.0 Å². The lowest BCUT2D eigenvalue weighted by Crippen LogP contribution is -2.43. The van der Waals surface area contributed by atoms with Crippen LogP contribution in [0.5, 0.6) is 0 Å². The van der Waals surface area contributed by atoms with Crippen molar-refractivity contribution in [1.82, 2.24) is 4.57 Å². The van der Waals surface area contributed by atoms with Crippen molar-refractivity contribution in [3.63, 3.8) is 0 Å². The molecular formula is C18H19NO5S. The highest BCUT2D eigenvalue weighted by atomic mass is 32.2. The summed E-state index contributed by atoms with van der Waals surface area (Å²) in [5, 5.41) is 0. The van der Waals surface area contributed by atoms with Gasteiger partial charge < -0.3 is 9.30 Å². The van der Waals surface area contributed by atoms with Gasteiger partial charge in [0.25, 0.3) is 0 Å². The molecule has 3 rings (SSSR count). The van der Waals surface area contributed by atoms with Crippen LogP contribution in [0.25, 0.3) is 0 Å². The van der Waals surface area contributed by atoms with Crippen molar-refractivity contribution in [2.75, 3.05) is 12.9 Å². The van der Waals surface area contributed by atoms with Gasteiger partial charge in [-0.15, -0.1) is 0 Å². The first-order valence-corrected chi connectivity index (χ1v) is 9.87. The zero-order valence-electron chi connectivity index (χ0n) is 14.1. The number of ketones is 1. The average molecular weight is 361 g/mol. The molecule has 0 fully saturated rings. The molecule has 0 radical (unpaired) electrons. The highest BCUT2D eigenvalue weighted by molar-refractivity contribution is 7.90. The average Bonchev–Trinajstić information content (AvgIpc) is 3.16. The van der Waals surface area contributed by atoms with Crippen LogP contribution in [0.1, 0.15) is 29.4 Å². The van der Waals surface area contributed by atoms with E-state index in [0.717, 1.165) is 6.26 Å². The quantitative estimate of drug-likeness (QED) is 0.462. The molecule has 1 aliphatic heterocycles. The number of Topliss-reactive ketones (excluding diaryl/α,β-unsaturated/α-hetero) is 1. The maximum Gasteiger partial charge on any atom is 0.326 e. The molecule has 1 atom stereocenters. The second kappa shape index (κ2) is 6.15. The molecule has 0 spiro atoms. The van der Waals surface area contributed by atoms with Gasteiger partial charge in [0, 0.05) is 30.3 Å². The number of benzene rings is 1. The fraction of sp³-hybridized carbons (Fsp3) is 0.333. The van der Waals surface area contributed by atoms with E-state index in [-0.39, 0.29) is 17.1 Å². The van der Waals surface area contributed by atoms with Crippen LogP contribution in [0, 0.1) is 0 Å². The number of aryl methyl sites for hydroxylation is 1. The Balaban J connectivity index is 2.13. The van der Waals surface area contributed by atoms with Gasteiger partial charge in [-0.25, -0.2) is 8.42 Å². The standard InChI is InChI=1S/C18H19NO5S/c1-3-24-17(21)18(9-11-19-10-5-8-15(18)19)16(20)13-6-4-7-14(12-13)25(2,22)23/h4-8,10,12H,3,9,11H2,1-2H3. The number of nitrogens with zero attached hydrogens (tertiary/aromatic N) is 1. The first-order valence-electron chi connectivity index (χ1n) is 7.98. The zero-order valence-corrected chi connectivity index (χ0v) is 14.9. The summed E-state index contributed by atoms with van der Waals surface area (Å²) in [4.78, 5) is 26.1. The molecule has 132 valence electrons. The largest absolute Gasteiger partial charge is 0.465 e. The summed E-state index contributed by atoms with van der Waals surface area (Å²) in [5.41, 5.74) is -0.665. The van der Waals surface area contributed by atoms with Crippen LogP contribution in [0.4, 0.5) is 0 Å². The van der Waals surface area contributed by atoms with E-state index in [4.69, 9.17) is 4.74 Å². The van der Waals surface area contributed by atoms with Crippen molar-refractivity contribution in [2.24, 2.45) is 0 Å². The van der Waals surface area contributed by atoms with E-state index in [0.29, 0.717) is 18.7 Å². The van der Waals surface area contributed by atoms with Crippen LogP contribution in [0.15, 0.2) is 47.5 Å². The predicted molar refractivity (Wildman–Crippen MR) is 91.2 cm³/mol. The van der Waals surface area contributed by atoms with Crippen molar-refractivity contribution in [1.29, 1.82) is 0 Å². The molecule has 7 heteroatoms. The molecular weight excluding hydrogens is 342 g/mol. The number of carbonyl (C=O) groups excluding carboxylic acids is 2. The number of ether oxygens (including phenoxy) is 1. The summed E-state index contributed by atoms with van der Waals surface area (Å²) in [6, 6.07) is 9.32. The fourth-order valence-electron chi connectivity index (χ4n) is 3.31. The number of hydrogen-bond donors (Lipinski definition) is 0. The summed E-state index contributed by atoms with van der Waals surface area (Å²) in [5.74, 6) is -1.03. The Bertz CT molecular complexity index is 944. The Labute approximate surface area is 146 Å². The Morgan fingerprint density at radius 1 is 1.24 bits per heavy atom. The first kappa shape index (κ1) is 17.4. The molecule has 0 aliphatic carbocycles. The smallest absolute Gasteiger partial charge is 0.326 e. The summed E-state index contributed by atoms with van der Waals surface area (Å²) < 4.78 is 30.7. The number of sulfone groups is 1. The highest BCUT2D eigenvalue weighted by Gasteiger charge is 2.53. The Morgan fingerprint density at radius 2 is 2.00 bits per heavy atom. The van der Waals surface area contributed by atoms with Crippen LogP contribution in [0.2, 0.25) is 0 Å². The van der Waals surface area contributed by atoms with Gasteiger partial charge >= 0.3 is 5.97 Å². The van der Waals surface area contributed by atoms with E-state index in [9.17, 15) is 18.0 Å². The van der Waals surface area contributed by atoms with Crippen molar-refractivity contribution < 1.29 is 22.7 Å². The van der Waals surface area contributed by atoms with E-state index in [2.05, 4.69) is 0 Å². The first-order chi connectivity index (χ1) is 11.8. The number of fused-ring (bicyclic) bond motifs is 1. The Hall–Kier alpha value is -2.41. The monoisotopic (exact) mass is 361 g/mol. The second-order valence-electron chi connectivity index (χ2n) is 6.09. The molecule has 6 nitrogen and oxygen atoms in total. The van der Waals surface area contributed by atoms with Crippen molar-refractivity contribution in [3.05, 3.63) is 53.9 Å². The summed E-state index contributed by atoms with van der Waals surface area (Å²) >= 11 is 0. The predicted octanol–water partition coefficient (Wildman–Crippen LogP) is 1.98. The number of esters is 1. The van der Waals surface area contributed by atoms with Gasteiger partial charge in [-0.3, -0.25) is 9.59 Å².